The van der Waals surface area contributed by atoms with Gasteiger partial charge >= 0.3 is 6.18 Å². The SMILES string of the molecule is COc1ccc(-c2cc(C(F)(F)F)n3nc(C(=O)N4CCC(C)C5CCCCC54)cc3n2)cc1OC. The summed E-state index contributed by atoms with van der Waals surface area (Å²) in [6.45, 7) is 2.82. The van der Waals surface area contributed by atoms with Crippen molar-refractivity contribution in [1.82, 2.24) is 19.5 Å². The number of hydrogen-bond donors (Lipinski definition) is 0. The van der Waals surface area contributed by atoms with Crippen LogP contribution in [0.15, 0.2) is 30.3 Å². The Hall–Kier alpha value is -3.30. The number of methoxy groups -OCH3 is 2. The Morgan fingerprint density at radius 1 is 1.03 bits per heavy atom. The third-order valence-corrected chi connectivity index (χ3v) is 7.62. The number of fused-ring (bicyclic) bond motifs is 2. The average Bonchev–Trinajstić information content (AvgIpc) is 3.31. The second kappa shape index (κ2) is 9.29. The predicted octanol–water partition coefficient (Wildman–Crippen LogP) is 5.47. The minimum Gasteiger partial charge on any atom is -0.493 e. The van der Waals surface area contributed by atoms with Gasteiger partial charge in [-0.05, 0) is 55.4 Å². The Morgan fingerprint density at radius 2 is 1.78 bits per heavy atom. The number of benzene rings is 1. The van der Waals surface area contributed by atoms with Crippen LogP contribution in [0.1, 0.15) is 55.2 Å². The van der Waals surface area contributed by atoms with Gasteiger partial charge in [-0.2, -0.15) is 18.3 Å². The first-order chi connectivity index (χ1) is 17.2. The second-order valence-corrected chi connectivity index (χ2v) is 9.67. The molecule has 3 aromatic rings. The van der Waals surface area contributed by atoms with Crippen LogP contribution in [-0.2, 0) is 6.18 Å². The fourth-order valence-electron chi connectivity index (χ4n) is 5.74. The van der Waals surface area contributed by atoms with E-state index in [0.717, 1.165) is 42.7 Å². The van der Waals surface area contributed by atoms with Crippen molar-refractivity contribution < 1.29 is 27.4 Å². The number of rotatable bonds is 4. The van der Waals surface area contributed by atoms with Crippen molar-refractivity contribution in [3.8, 4) is 22.8 Å². The Balaban J connectivity index is 1.56. The highest BCUT2D eigenvalue weighted by atomic mass is 19.4. The standard InChI is InChI=1S/C26H29F3N4O3/c1-15-10-11-32(20-7-5-4-6-17(15)20)25(34)19-14-24-30-18(13-23(26(27,28)29)33(24)31-19)16-8-9-21(35-2)22(12-16)36-3/h8-9,12-15,17,20H,4-7,10-11H2,1-3H3. The van der Waals surface area contributed by atoms with Gasteiger partial charge in [-0.25, -0.2) is 9.50 Å². The van der Waals surface area contributed by atoms with Gasteiger partial charge in [0.05, 0.1) is 19.9 Å². The van der Waals surface area contributed by atoms with Gasteiger partial charge in [-0.1, -0.05) is 19.8 Å². The number of piperidine rings is 1. The van der Waals surface area contributed by atoms with Crippen LogP contribution in [0.2, 0.25) is 0 Å². The van der Waals surface area contributed by atoms with Gasteiger partial charge < -0.3 is 14.4 Å². The monoisotopic (exact) mass is 502 g/mol. The minimum atomic E-state index is -4.70. The molecule has 2 fully saturated rings. The maximum Gasteiger partial charge on any atom is 0.433 e. The average molecular weight is 503 g/mol. The summed E-state index contributed by atoms with van der Waals surface area (Å²) in [6.07, 6.45) is 0.388. The summed E-state index contributed by atoms with van der Waals surface area (Å²) in [5.41, 5.74) is -0.544. The van der Waals surface area contributed by atoms with Crippen molar-refractivity contribution in [3.63, 3.8) is 0 Å². The molecule has 1 aliphatic heterocycles. The number of amides is 1. The molecular formula is C26H29F3N4O3. The number of carbonyl (C=O) groups excluding carboxylic acids is 1. The van der Waals surface area contributed by atoms with Crippen LogP contribution in [0.5, 0.6) is 11.5 Å². The van der Waals surface area contributed by atoms with E-state index in [0.29, 0.717) is 35.4 Å². The van der Waals surface area contributed by atoms with E-state index in [2.05, 4.69) is 17.0 Å². The van der Waals surface area contributed by atoms with Gasteiger partial charge in [0.25, 0.3) is 5.91 Å². The third kappa shape index (κ3) is 4.26. The summed E-state index contributed by atoms with van der Waals surface area (Å²) in [7, 11) is 2.93. The Morgan fingerprint density at radius 3 is 2.50 bits per heavy atom. The van der Waals surface area contributed by atoms with Gasteiger partial charge in [0, 0.05) is 24.2 Å². The highest BCUT2D eigenvalue weighted by Crippen LogP contribution is 2.40. The molecule has 1 amide bonds. The molecule has 192 valence electrons. The van der Waals surface area contributed by atoms with Crippen molar-refractivity contribution in [2.45, 2.75) is 51.2 Å². The zero-order valence-electron chi connectivity index (χ0n) is 20.5. The number of ether oxygens (including phenoxy) is 2. The summed E-state index contributed by atoms with van der Waals surface area (Å²) in [4.78, 5) is 19.8. The molecule has 5 rings (SSSR count). The van der Waals surface area contributed by atoms with E-state index in [1.807, 2.05) is 4.90 Å². The smallest absolute Gasteiger partial charge is 0.433 e. The molecule has 2 aliphatic rings. The molecule has 3 atom stereocenters. The highest BCUT2D eigenvalue weighted by molar-refractivity contribution is 5.93. The van der Waals surface area contributed by atoms with E-state index in [9.17, 15) is 18.0 Å². The minimum absolute atomic E-state index is 0.0173. The first kappa shape index (κ1) is 24.4. The van der Waals surface area contributed by atoms with Crippen LogP contribution >= 0.6 is 0 Å². The van der Waals surface area contributed by atoms with Crippen molar-refractivity contribution in [2.24, 2.45) is 11.8 Å². The molecule has 10 heteroatoms. The lowest BCUT2D eigenvalue weighted by atomic mass is 9.72. The molecule has 0 spiro atoms. The van der Waals surface area contributed by atoms with Gasteiger partial charge in [-0.15, -0.1) is 0 Å². The molecule has 1 saturated heterocycles. The van der Waals surface area contributed by atoms with Crippen molar-refractivity contribution >= 4 is 11.6 Å². The highest BCUT2D eigenvalue weighted by Gasteiger charge is 2.41. The molecule has 7 nitrogen and oxygen atoms in total. The first-order valence-corrected chi connectivity index (χ1v) is 12.2. The fourth-order valence-corrected chi connectivity index (χ4v) is 5.74. The maximum atomic E-state index is 14.1. The predicted molar refractivity (Wildman–Crippen MR) is 127 cm³/mol. The van der Waals surface area contributed by atoms with Crippen LogP contribution in [-0.4, -0.2) is 52.2 Å². The number of carbonyl (C=O) groups is 1. The van der Waals surface area contributed by atoms with Crippen LogP contribution < -0.4 is 9.47 Å². The largest absolute Gasteiger partial charge is 0.493 e. The van der Waals surface area contributed by atoms with Gasteiger partial charge in [0.1, 0.15) is 0 Å². The topological polar surface area (TPSA) is 69.0 Å². The quantitative estimate of drug-likeness (QED) is 0.473. The number of nitrogens with zero attached hydrogens (tertiary/aromatic N) is 4. The fraction of sp³-hybridized carbons (Fsp3) is 0.500. The normalized spacial score (nSPS) is 22.4. The summed E-state index contributed by atoms with van der Waals surface area (Å²) in [5.74, 6) is 1.45. The molecule has 3 heterocycles. The number of halogens is 3. The summed E-state index contributed by atoms with van der Waals surface area (Å²) in [6, 6.07) is 7.19. The van der Waals surface area contributed by atoms with Crippen molar-refractivity contribution in [2.75, 3.05) is 20.8 Å². The number of aromatic nitrogens is 3. The Kier molecular flexibility index (Phi) is 6.30. The number of likely N-dealkylation sites (tertiary alicyclic amines) is 1. The lowest BCUT2D eigenvalue weighted by Gasteiger charge is -2.47. The Bertz CT molecular complexity index is 1290. The Labute approximate surface area is 207 Å². The van der Waals surface area contributed by atoms with Gasteiger partial charge in [-0.3, -0.25) is 4.79 Å². The molecule has 1 aliphatic carbocycles. The van der Waals surface area contributed by atoms with Gasteiger partial charge in [0.15, 0.2) is 28.5 Å². The van der Waals surface area contributed by atoms with E-state index in [-0.39, 0.29) is 29.0 Å². The molecule has 36 heavy (non-hydrogen) atoms. The molecular weight excluding hydrogens is 473 g/mol. The van der Waals surface area contributed by atoms with Crippen LogP contribution in [0, 0.1) is 11.8 Å². The van der Waals surface area contributed by atoms with Crippen LogP contribution in [0.25, 0.3) is 16.9 Å². The van der Waals surface area contributed by atoms with E-state index in [1.165, 1.54) is 20.3 Å². The van der Waals surface area contributed by atoms with Gasteiger partial charge in [0.2, 0.25) is 0 Å². The van der Waals surface area contributed by atoms with Crippen LogP contribution in [0.3, 0.4) is 0 Å². The molecule has 1 aromatic carbocycles. The summed E-state index contributed by atoms with van der Waals surface area (Å²) < 4.78 is 53.5. The van der Waals surface area contributed by atoms with Crippen LogP contribution in [0.4, 0.5) is 13.2 Å². The van der Waals surface area contributed by atoms with Crippen molar-refractivity contribution in [1.29, 1.82) is 0 Å². The lowest BCUT2D eigenvalue weighted by molar-refractivity contribution is -0.142. The molecule has 0 N–H and O–H groups in total. The molecule has 0 radical (unpaired) electrons. The second-order valence-electron chi connectivity index (χ2n) is 9.67. The zero-order valence-corrected chi connectivity index (χ0v) is 20.5. The van der Waals surface area contributed by atoms with E-state index >= 15 is 0 Å². The number of alkyl halides is 3. The van der Waals surface area contributed by atoms with Crippen molar-refractivity contribution in [3.05, 3.63) is 41.7 Å². The molecule has 3 unspecified atom stereocenters. The first-order valence-electron chi connectivity index (χ1n) is 12.2. The molecule has 2 aromatic heterocycles. The van der Waals surface area contributed by atoms with E-state index in [4.69, 9.17) is 9.47 Å². The van der Waals surface area contributed by atoms with E-state index < -0.39 is 11.9 Å². The maximum absolute atomic E-state index is 14.1. The lowest BCUT2D eigenvalue weighted by Crippen LogP contribution is -2.52. The number of hydrogen-bond acceptors (Lipinski definition) is 5. The zero-order chi connectivity index (χ0) is 25.6. The molecule has 1 saturated carbocycles. The van der Waals surface area contributed by atoms with E-state index in [1.54, 1.807) is 18.2 Å². The summed E-state index contributed by atoms with van der Waals surface area (Å²) in [5, 5.41) is 4.11. The summed E-state index contributed by atoms with van der Waals surface area (Å²) >= 11 is 0. The molecule has 0 bridgehead atoms. The third-order valence-electron chi connectivity index (χ3n) is 7.62.